The number of furan rings is 1. The van der Waals surface area contributed by atoms with Gasteiger partial charge >= 0.3 is 0 Å². The number of nitrogens with two attached hydrogens (primary N) is 1. The van der Waals surface area contributed by atoms with E-state index in [1.54, 1.807) is 11.2 Å². The van der Waals surface area contributed by atoms with Gasteiger partial charge in [-0.3, -0.25) is 4.79 Å². The van der Waals surface area contributed by atoms with E-state index in [0.717, 1.165) is 35.4 Å². The fraction of sp³-hybridized carbons (Fsp3) is 0.353. The van der Waals surface area contributed by atoms with Gasteiger partial charge in [-0.05, 0) is 43.5 Å². The number of hydrogen-bond acceptors (Lipinski definition) is 3. The molecule has 1 aliphatic carbocycles. The fourth-order valence-corrected chi connectivity index (χ4v) is 2.82. The maximum absolute atomic E-state index is 12.8. The number of anilines is 1. The van der Waals surface area contributed by atoms with Crippen LogP contribution in [0.25, 0.3) is 0 Å². The van der Waals surface area contributed by atoms with Gasteiger partial charge in [-0.15, -0.1) is 0 Å². The van der Waals surface area contributed by atoms with Crippen molar-refractivity contribution in [2.24, 2.45) is 0 Å². The first-order chi connectivity index (χ1) is 10.0. The van der Waals surface area contributed by atoms with E-state index in [9.17, 15) is 4.79 Å². The lowest BCUT2D eigenvalue weighted by Gasteiger charge is -2.24. The van der Waals surface area contributed by atoms with Crippen LogP contribution in [-0.4, -0.2) is 17.9 Å². The Morgan fingerprint density at radius 3 is 2.48 bits per heavy atom. The third-order valence-electron chi connectivity index (χ3n) is 4.34. The van der Waals surface area contributed by atoms with Crippen molar-refractivity contribution in [3.8, 4) is 0 Å². The maximum Gasteiger partial charge on any atom is 0.233 e. The number of rotatable bonds is 4. The first kappa shape index (κ1) is 13.7. The Morgan fingerprint density at radius 2 is 1.95 bits per heavy atom. The number of nitrogen functional groups attached to an aromatic ring is 1. The number of benzene rings is 1. The highest BCUT2D eigenvalue weighted by atomic mass is 16.3. The topological polar surface area (TPSA) is 59.5 Å². The number of carbonyl (C=O) groups is 1. The van der Waals surface area contributed by atoms with Crippen molar-refractivity contribution in [1.29, 1.82) is 0 Å². The molecule has 0 radical (unpaired) electrons. The summed E-state index contributed by atoms with van der Waals surface area (Å²) in [6, 6.07) is 9.59. The van der Waals surface area contributed by atoms with Gasteiger partial charge in [-0.25, -0.2) is 0 Å². The molecule has 1 saturated carbocycles. The van der Waals surface area contributed by atoms with E-state index in [1.807, 2.05) is 44.3 Å². The van der Waals surface area contributed by atoms with Crippen LogP contribution in [0, 0.1) is 6.92 Å². The standard InChI is InChI=1S/C17H20N2O2/c1-12-13(7-10-21-12)11-19(2)16(20)17(8-9-17)14-3-5-15(18)6-4-14/h3-7,10H,8-9,11,18H2,1-2H3. The van der Waals surface area contributed by atoms with Crippen molar-refractivity contribution in [3.63, 3.8) is 0 Å². The molecule has 1 heterocycles. The number of carbonyl (C=O) groups excluding carboxylic acids is 1. The molecule has 3 rings (SSSR count). The summed E-state index contributed by atoms with van der Waals surface area (Å²) >= 11 is 0. The lowest BCUT2D eigenvalue weighted by molar-refractivity contribution is -0.133. The van der Waals surface area contributed by atoms with E-state index in [1.165, 1.54) is 0 Å². The molecule has 0 saturated heterocycles. The quantitative estimate of drug-likeness (QED) is 0.878. The molecule has 4 nitrogen and oxygen atoms in total. The fourth-order valence-electron chi connectivity index (χ4n) is 2.82. The summed E-state index contributed by atoms with van der Waals surface area (Å²) in [5.74, 6) is 1.04. The number of amides is 1. The third-order valence-corrected chi connectivity index (χ3v) is 4.34. The molecule has 1 aromatic carbocycles. The Kier molecular flexibility index (Phi) is 3.24. The van der Waals surface area contributed by atoms with Crippen LogP contribution in [0.15, 0.2) is 41.0 Å². The van der Waals surface area contributed by atoms with E-state index < -0.39 is 0 Å². The molecule has 1 aromatic heterocycles. The summed E-state index contributed by atoms with van der Waals surface area (Å²) in [6.45, 7) is 2.50. The highest BCUT2D eigenvalue weighted by molar-refractivity contribution is 5.91. The Balaban J connectivity index is 1.78. The highest BCUT2D eigenvalue weighted by Gasteiger charge is 2.52. The van der Waals surface area contributed by atoms with Gasteiger partial charge in [0.15, 0.2) is 0 Å². The Bertz CT molecular complexity index is 654. The van der Waals surface area contributed by atoms with Gasteiger partial charge in [-0.2, -0.15) is 0 Å². The molecule has 21 heavy (non-hydrogen) atoms. The van der Waals surface area contributed by atoms with E-state index in [2.05, 4.69) is 0 Å². The molecule has 2 aromatic rings. The van der Waals surface area contributed by atoms with Crippen LogP contribution in [-0.2, 0) is 16.8 Å². The van der Waals surface area contributed by atoms with E-state index >= 15 is 0 Å². The monoisotopic (exact) mass is 284 g/mol. The molecule has 1 amide bonds. The van der Waals surface area contributed by atoms with Crippen LogP contribution in [0.5, 0.6) is 0 Å². The predicted octanol–water partition coefficient (Wildman–Crippen LogP) is 2.86. The molecule has 1 fully saturated rings. The first-order valence-corrected chi connectivity index (χ1v) is 7.17. The van der Waals surface area contributed by atoms with Gasteiger partial charge < -0.3 is 15.1 Å². The summed E-state index contributed by atoms with van der Waals surface area (Å²) in [5.41, 5.74) is 8.23. The van der Waals surface area contributed by atoms with Crippen molar-refractivity contribution < 1.29 is 9.21 Å². The van der Waals surface area contributed by atoms with Crippen LogP contribution in [0.3, 0.4) is 0 Å². The van der Waals surface area contributed by atoms with Crippen LogP contribution < -0.4 is 5.73 Å². The predicted molar refractivity (Wildman–Crippen MR) is 81.7 cm³/mol. The highest BCUT2D eigenvalue weighted by Crippen LogP contribution is 2.49. The molecule has 110 valence electrons. The Hall–Kier alpha value is -2.23. The Labute approximate surface area is 124 Å². The summed E-state index contributed by atoms with van der Waals surface area (Å²) in [5, 5.41) is 0. The van der Waals surface area contributed by atoms with Crippen molar-refractivity contribution in [2.45, 2.75) is 31.7 Å². The average Bonchev–Trinajstić information content (AvgIpc) is 3.19. The zero-order valence-corrected chi connectivity index (χ0v) is 12.4. The van der Waals surface area contributed by atoms with Gasteiger partial charge in [0.1, 0.15) is 5.76 Å². The minimum atomic E-state index is -0.347. The zero-order chi connectivity index (χ0) is 15.0. The van der Waals surface area contributed by atoms with Crippen LogP contribution in [0.2, 0.25) is 0 Å². The molecule has 1 aliphatic rings. The van der Waals surface area contributed by atoms with Crippen molar-refractivity contribution in [3.05, 3.63) is 53.5 Å². The number of likely N-dealkylation sites (N-methyl/N-ethyl adjacent to an activating group) is 1. The smallest absolute Gasteiger partial charge is 0.233 e. The molecule has 0 unspecified atom stereocenters. The van der Waals surface area contributed by atoms with Gasteiger partial charge in [-0.1, -0.05) is 12.1 Å². The maximum atomic E-state index is 12.8. The minimum absolute atomic E-state index is 0.174. The van der Waals surface area contributed by atoms with Crippen LogP contribution >= 0.6 is 0 Å². The summed E-state index contributed by atoms with van der Waals surface area (Å²) < 4.78 is 5.29. The van der Waals surface area contributed by atoms with Gasteiger partial charge in [0.25, 0.3) is 0 Å². The van der Waals surface area contributed by atoms with Crippen LogP contribution in [0.4, 0.5) is 5.69 Å². The first-order valence-electron chi connectivity index (χ1n) is 7.17. The second kappa shape index (κ2) is 4.95. The van der Waals surface area contributed by atoms with Gasteiger partial charge in [0.05, 0.1) is 11.7 Å². The van der Waals surface area contributed by atoms with Gasteiger partial charge in [0.2, 0.25) is 5.91 Å². The second-order valence-electron chi connectivity index (χ2n) is 5.87. The Morgan fingerprint density at radius 1 is 1.29 bits per heavy atom. The lowest BCUT2D eigenvalue weighted by atomic mass is 9.94. The van der Waals surface area contributed by atoms with Crippen molar-refractivity contribution >= 4 is 11.6 Å². The number of aryl methyl sites for hydroxylation is 1. The lowest BCUT2D eigenvalue weighted by Crippen LogP contribution is -2.36. The minimum Gasteiger partial charge on any atom is -0.469 e. The van der Waals surface area contributed by atoms with E-state index in [0.29, 0.717) is 6.54 Å². The van der Waals surface area contributed by atoms with Crippen LogP contribution in [0.1, 0.15) is 29.7 Å². The van der Waals surface area contributed by atoms with Crippen molar-refractivity contribution in [2.75, 3.05) is 12.8 Å². The number of nitrogens with zero attached hydrogens (tertiary/aromatic N) is 1. The molecular weight excluding hydrogens is 264 g/mol. The molecule has 0 spiro atoms. The van der Waals surface area contributed by atoms with Gasteiger partial charge in [0, 0.05) is 24.8 Å². The summed E-state index contributed by atoms with van der Waals surface area (Å²) in [7, 11) is 1.85. The molecule has 2 N–H and O–H groups in total. The van der Waals surface area contributed by atoms with E-state index in [-0.39, 0.29) is 11.3 Å². The molecule has 0 aliphatic heterocycles. The zero-order valence-electron chi connectivity index (χ0n) is 12.4. The molecule has 0 atom stereocenters. The summed E-state index contributed by atoms with van der Waals surface area (Å²) in [4.78, 5) is 14.6. The third kappa shape index (κ3) is 2.42. The summed E-state index contributed by atoms with van der Waals surface area (Å²) in [6.07, 6.45) is 3.48. The normalized spacial score (nSPS) is 15.7. The molecular formula is C17H20N2O2. The average molecular weight is 284 g/mol. The van der Waals surface area contributed by atoms with E-state index in [4.69, 9.17) is 10.2 Å². The van der Waals surface area contributed by atoms with Crippen molar-refractivity contribution in [1.82, 2.24) is 4.90 Å². The largest absolute Gasteiger partial charge is 0.469 e. The second-order valence-corrected chi connectivity index (χ2v) is 5.87. The SMILES string of the molecule is Cc1occc1CN(C)C(=O)C1(c2ccc(N)cc2)CC1. The molecule has 0 bridgehead atoms. The number of hydrogen-bond donors (Lipinski definition) is 1. The molecule has 4 heteroatoms.